The molecule has 0 aliphatic carbocycles. The zero-order valence-corrected chi connectivity index (χ0v) is 14.2. The van der Waals surface area contributed by atoms with Crippen molar-refractivity contribution < 1.29 is 12.6 Å². The Kier molecular flexibility index (Phi) is 5.57. The highest BCUT2D eigenvalue weighted by atomic mass is 32.2. The fourth-order valence-electron chi connectivity index (χ4n) is 2.48. The Balaban J connectivity index is 2.03. The molecule has 0 saturated carbocycles. The van der Waals surface area contributed by atoms with E-state index in [1.165, 1.54) is 0 Å². The first-order valence-corrected chi connectivity index (χ1v) is 10.3. The molecule has 1 aromatic rings. The summed E-state index contributed by atoms with van der Waals surface area (Å²) in [4.78, 5) is 0.307. The summed E-state index contributed by atoms with van der Waals surface area (Å²) in [5.41, 5.74) is 1.15. The third kappa shape index (κ3) is 4.90. The van der Waals surface area contributed by atoms with Gasteiger partial charge in [-0.15, -0.1) is 0 Å². The monoisotopic (exact) mass is 329 g/mol. The lowest BCUT2D eigenvalue weighted by molar-refractivity contribution is 0.522. The summed E-state index contributed by atoms with van der Waals surface area (Å²) < 4.78 is 38.7. The number of nitrogens with one attached hydrogen (secondary N) is 1. The predicted octanol–water partition coefficient (Wildman–Crippen LogP) is 2.07. The van der Waals surface area contributed by atoms with Crippen molar-refractivity contribution in [3.63, 3.8) is 0 Å². The minimum Gasteiger partial charge on any atom is -0.260 e. The van der Waals surface area contributed by atoms with Gasteiger partial charge in [0.1, 0.15) is 0 Å². The molecule has 0 amide bonds. The Bertz CT molecular complexity index is 584. The molecule has 0 spiro atoms. The Morgan fingerprint density at radius 3 is 2.29 bits per heavy atom. The standard InChI is InChI=1S/C15H23NO3S2/c1-12(2)11-13-3-5-15(6-4-13)21(18,19)16-14-7-9-20(17)10-8-14/h3-6,12,14,16H,7-11H2,1-2H3. The Morgan fingerprint density at radius 2 is 1.76 bits per heavy atom. The van der Waals surface area contributed by atoms with Crippen molar-refractivity contribution in [3.05, 3.63) is 29.8 Å². The van der Waals surface area contributed by atoms with Crippen LogP contribution in [0.3, 0.4) is 0 Å². The largest absolute Gasteiger partial charge is 0.260 e. The van der Waals surface area contributed by atoms with Crippen molar-refractivity contribution in [2.75, 3.05) is 11.5 Å². The van der Waals surface area contributed by atoms with Crippen LogP contribution >= 0.6 is 0 Å². The van der Waals surface area contributed by atoms with Gasteiger partial charge in [-0.25, -0.2) is 13.1 Å². The highest BCUT2D eigenvalue weighted by Gasteiger charge is 2.23. The zero-order valence-electron chi connectivity index (χ0n) is 12.5. The molecule has 2 rings (SSSR count). The van der Waals surface area contributed by atoms with E-state index in [1.807, 2.05) is 12.1 Å². The summed E-state index contributed by atoms with van der Waals surface area (Å²) in [6.45, 7) is 4.28. The van der Waals surface area contributed by atoms with Crippen LogP contribution in [-0.4, -0.2) is 30.2 Å². The van der Waals surface area contributed by atoms with Crippen LogP contribution in [0.15, 0.2) is 29.2 Å². The minimum absolute atomic E-state index is 0.0944. The number of benzene rings is 1. The summed E-state index contributed by atoms with van der Waals surface area (Å²) in [6, 6.07) is 7.00. The van der Waals surface area contributed by atoms with Crippen molar-refractivity contribution in [2.45, 2.75) is 44.0 Å². The fraction of sp³-hybridized carbons (Fsp3) is 0.600. The van der Waals surface area contributed by atoms with Gasteiger partial charge in [-0.2, -0.15) is 0 Å². The van der Waals surface area contributed by atoms with Crippen molar-refractivity contribution in [1.29, 1.82) is 0 Å². The lowest BCUT2D eigenvalue weighted by Crippen LogP contribution is -2.39. The van der Waals surface area contributed by atoms with Gasteiger partial charge in [0.2, 0.25) is 10.0 Å². The molecule has 0 radical (unpaired) electrons. The topological polar surface area (TPSA) is 63.2 Å². The highest BCUT2D eigenvalue weighted by Crippen LogP contribution is 2.16. The summed E-state index contributed by atoms with van der Waals surface area (Å²) in [5.74, 6) is 1.72. The first kappa shape index (κ1) is 16.6. The summed E-state index contributed by atoms with van der Waals surface area (Å²) >= 11 is 0. The summed E-state index contributed by atoms with van der Waals surface area (Å²) in [5, 5.41) is 0. The second kappa shape index (κ2) is 7.03. The molecular formula is C15H23NO3S2. The zero-order chi connectivity index (χ0) is 15.5. The average Bonchev–Trinajstić information content (AvgIpc) is 2.41. The Morgan fingerprint density at radius 1 is 1.19 bits per heavy atom. The number of rotatable bonds is 5. The van der Waals surface area contributed by atoms with Crippen LogP contribution in [-0.2, 0) is 27.2 Å². The van der Waals surface area contributed by atoms with E-state index in [-0.39, 0.29) is 6.04 Å². The predicted molar refractivity (Wildman–Crippen MR) is 86.2 cm³/mol. The molecular weight excluding hydrogens is 306 g/mol. The van der Waals surface area contributed by atoms with Crippen molar-refractivity contribution >= 4 is 20.8 Å². The van der Waals surface area contributed by atoms with E-state index in [1.54, 1.807) is 12.1 Å². The molecule has 1 heterocycles. The SMILES string of the molecule is CC(C)Cc1ccc(S(=O)(=O)NC2CCS(=O)CC2)cc1. The molecule has 118 valence electrons. The van der Waals surface area contributed by atoms with Gasteiger partial charge in [0.15, 0.2) is 0 Å². The summed E-state index contributed by atoms with van der Waals surface area (Å²) in [6.07, 6.45) is 2.25. The molecule has 1 aliphatic rings. The molecule has 1 aliphatic heterocycles. The van der Waals surface area contributed by atoms with Crippen LogP contribution in [0.5, 0.6) is 0 Å². The van der Waals surface area contributed by atoms with E-state index in [0.717, 1.165) is 12.0 Å². The van der Waals surface area contributed by atoms with Gasteiger partial charge < -0.3 is 0 Å². The smallest absolute Gasteiger partial charge is 0.240 e. The fourth-order valence-corrected chi connectivity index (χ4v) is 5.08. The maximum absolute atomic E-state index is 12.3. The van der Waals surface area contributed by atoms with E-state index in [9.17, 15) is 12.6 Å². The van der Waals surface area contributed by atoms with Gasteiger partial charge in [0.25, 0.3) is 0 Å². The maximum atomic E-state index is 12.3. The van der Waals surface area contributed by atoms with Crippen LogP contribution in [0.2, 0.25) is 0 Å². The molecule has 21 heavy (non-hydrogen) atoms. The molecule has 1 aromatic carbocycles. The average molecular weight is 329 g/mol. The summed E-state index contributed by atoms with van der Waals surface area (Å²) in [7, 11) is -4.25. The molecule has 1 fully saturated rings. The molecule has 0 aromatic heterocycles. The van der Waals surface area contributed by atoms with Gasteiger partial charge in [0.05, 0.1) is 4.90 Å². The second-order valence-corrected chi connectivity index (χ2v) is 9.40. The van der Waals surface area contributed by atoms with Gasteiger partial charge in [-0.3, -0.25) is 4.21 Å². The lowest BCUT2D eigenvalue weighted by Gasteiger charge is -2.22. The van der Waals surface area contributed by atoms with E-state index < -0.39 is 20.8 Å². The minimum atomic E-state index is -3.47. The van der Waals surface area contributed by atoms with Crippen molar-refractivity contribution in [1.82, 2.24) is 4.72 Å². The normalized spacial score (nSPS) is 23.4. The lowest BCUT2D eigenvalue weighted by atomic mass is 10.0. The molecule has 0 unspecified atom stereocenters. The van der Waals surface area contributed by atoms with Crippen molar-refractivity contribution in [3.8, 4) is 0 Å². The van der Waals surface area contributed by atoms with Gasteiger partial charge >= 0.3 is 0 Å². The van der Waals surface area contributed by atoms with Gasteiger partial charge in [-0.1, -0.05) is 26.0 Å². The van der Waals surface area contributed by atoms with Crippen LogP contribution in [0.25, 0.3) is 0 Å². The molecule has 1 saturated heterocycles. The Labute approximate surface area is 129 Å². The third-order valence-electron chi connectivity index (χ3n) is 3.59. The molecule has 0 atom stereocenters. The second-order valence-electron chi connectivity index (χ2n) is 5.99. The quantitative estimate of drug-likeness (QED) is 0.899. The third-order valence-corrected chi connectivity index (χ3v) is 6.51. The van der Waals surface area contributed by atoms with Gasteiger partial charge in [0, 0.05) is 28.3 Å². The van der Waals surface area contributed by atoms with Gasteiger partial charge in [-0.05, 0) is 42.9 Å². The number of sulfonamides is 1. The molecule has 0 bridgehead atoms. The van der Waals surface area contributed by atoms with E-state index in [4.69, 9.17) is 0 Å². The van der Waals surface area contributed by atoms with Crippen molar-refractivity contribution in [2.24, 2.45) is 5.92 Å². The van der Waals surface area contributed by atoms with Crippen LogP contribution < -0.4 is 4.72 Å². The Hall–Kier alpha value is -0.720. The van der Waals surface area contributed by atoms with E-state index >= 15 is 0 Å². The first-order valence-electron chi connectivity index (χ1n) is 7.33. The maximum Gasteiger partial charge on any atom is 0.240 e. The molecule has 4 nitrogen and oxygen atoms in total. The molecule has 6 heteroatoms. The van der Waals surface area contributed by atoms with E-state index in [2.05, 4.69) is 18.6 Å². The number of hydrogen-bond donors (Lipinski definition) is 1. The highest BCUT2D eigenvalue weighted by molar-refractivity contribution is 7.89. The first-order chi connectivity index (χ1) is 9.87. The van der Waals surface area contributed by atoms with Crippen LogP contribution in [0, 0.1) is 5.92 Å². The van der Waals surface area contributed by atoms with Crippen LogP contribution in [0.4, 0.5) is 0 Å². The number of hydrogen-bond acceptors (Lipinski definition) is 3. The van der Waals surface area contributed by atoms with E-state index in [0.29, 0.717) is 35.2 Å². The molecule has 1 N–H and O–H groups in total. The van der Waals surface area contributed by atoms with Crippen LogP contribution in [0.1, 0.15) is 32.3 Å².